The molecule has 0 heterocycles. The minimum atomic E-state index is -0.755. The van der Waals surface area contributed by atoms with Crippen LogP contribution in [0.25, 0.3) is 0 Å². The molecule has 0 spiro atoms. The number of benzene rings is 2. The van der Waals surface area contributed by atoms with Gasteiger partial charge in [0.2, 0.25) is 5.91 Å². The smallest absolute Gasteiger partial charge is 0.435 e. The highest BCUT2D eigenvalue weighted by molar-refractivity contribution is 8.13. The molecule has 0 aliphatic heterocycles. The third kappa shape index (κ3) is 6.46. The number of hydrogen-bond donors (Lipinski definition) is 2. The highest BCUT2D eigenvalue weighted by Gasteiger charge is 2.15. The quantitative estimate of drug-likeness (QED) is 0.410. The van der Waals surface area contributed by atoms with E-state index in [9.17, 15) is 14.4 Å². The van der Waals surface area contributed by atoms with Crippen LogP contribution < -0.4 is 10.6 Å². The zero-order chi connectivity index (χ0) is 21.2. The first-order valence-electron chi connectivity index (χ1n) is 8.99. The average Bonchev–Trinajstić information content (AvgIpc) is 2.74. The van der Waals surface area contributed by atoms with Gasteiger partial charge >= 0.3 is 6.09 Å². The molecule has 0 radical (unpaired) electrons. The maximum atomic E-state index is 12.8. The Morgan fingerprint density at radius 3 is 2.34 bits per heavy atom. The van der Waals surface area contributed by atoms with Gasteiger partial charge in [0.05, 0.1) is 18.5 Å². The molecule has 2 amide bonds. The molecule has 152 valence electrons. The van der Waals surface area contributed by atoms with Gasteiger partial charge in [-0.25, -0.2) is 4.79 Å². The lowest BCUT2D eigenvalue weighted by atomic mass is 10.0. The van der Waals surface area contributed by atoms with Crippen molar-refractivity contribution < 1.29 is 19.1 Å². The standard InChI is InChI=1S/C21H23N3O4S/c1-4-8-18(25)22-16-12-11-15(19(26)14-9-6-5-7-10-14)13-17(16)23-20(29-3)24-21(27)28-2/h5-7,9-13H,4,8H2,1-3H3,(H,22,25)(H,23,24,27). The fourth-order valence-corrected chi connectivity index (χ4v) is 2.84. The van der Waals surface area contributed by atoms with Crippen molar-refractivity contribution in [3.8, 4) is 0 Å². The second-order valence-corrected chi connectivity index (χ2v) is 6.76. The molecule has 2 aromatic carbocycles. The number of carbonyl (C=O) groups excluding carboxylic acids is 3. The van der Waals surface area contributed by atoms with E-state index in [1.807, 2.05) is 13.0 Å². The molecule has 29 heavy (non-hydrogen) atoms. The summed E-state index contributed by atoms with van der Waals surface area (Å²) in [5.74, 6) is -0.302. The third-order valence-corrected chi connectivity index (χ3v) is 4.45. The van der Waals surface area contributed by atoms with Crippen LogP contribution >= 0.6 is 11.8 Å². The summed E-state index contributed by atoms with van der Waals surface area (Å²) in [7, 11) is 1.24. The first-order chi connectivity index (χ1) is 14.0. The number of hydrogen-bond acceptors (Lipinski definition) is 5. The number of nitrogens with one attached hydrogen (secondary N) is 2. The molecule has 0 fully saturated rings. The maximum absolute atomic E-state index is 12.8. The van der Waals surface area contributed by atoms with Crippen LogP contribution in [-0.4, -0.2) is 36.3 Å². The number of amidine groups is 1. The molecule has 0 aliphatic rings. The summed E-state index contributed by atoms with van der Waals surface area (Å²) in [6.07, 6.45) is 2.06. The van der Waals surface area contributed by atoms with Crippen LogP contribution in [-0.2, 0) is 9.53 Å². The first kappa shape index (κ1) is 22.2. The number of rotatable bonds is 6. The summed E-state index contributed by atoms with van der Waals surface area (Å²) >= 11 is 1.20. The Hall–Kier alpha value is -3.13. The van der Waals surface area contributed by atoms with Crippen LogP contribution in [0.5, 0.6) is 0 Å². The minimum Gasteiger partial charge on any atom is -0.451 e. The molecular weight excluding hydrogens is 390 g/mol. The summed E-state index contributed by atoms with van der Waals surface area (Å²) in [4.78, 5) is 40.2. The predicted molar refractivity (Wildman–Crippen MR) is 117 cm³/mol. The number of thioether (sulfide) groups is 1. The Balaban J connectivity index is 2.41. The molecule has 0 atom stereocenters. The van der Waals surface area contributed by atoms with Gasteiger partial charge in [0.15, 0.2) is 11.0 Å². The molecule has 0 saturated carbocycles. The van der Waals surface area contributed by atoms with E-state index in [1.54, 1.807) is 48.7 Å². The number of ketones is 1. The van der Waals surface area contributed by atoms with Gasteiger partial charge in [-0.3, -0.25) is 9.59 Å². The number of amides is 2. The molecule has 2 aromatic rings. The topological polar surface area (TPSA) is 96.9 Å². The molecule has 0 aromatic heterocycles. The van der Waals surface area contributed by atoms with Crippen molar-refractivity contribution in [2.45, 2.75) is 19.8 Å². The maximum Gasteiger partial charge on any atom is 0.435 e. The highest BCUT2D eigenvalue weighted by Crippen LogP contribution is 2.26. The monoisotopic (exact) mass is 413 g/mol. The lowest BCUT2D eigenvalue weighted by Crippen LogP contribution is -2.16. The Bertz CT molecular complexity index is 913. The Morgan fingerprint density at radius 2 is 1.72 bits per heavy atom. The van der Waals surface area contributed by atoms with E-state index in [4.69, 9.17) is 0 Å². The normalized spacial score (nSPS) is 10.9. The van der Waals surface area contributed by atoms with Gasteiger partial charge in [-0.2, -0.15) is 4.99 Å². The number of carbonyl (C=O) groups is 3. The van der Waals surface area contributed by atoms with Crippen LogP contribution in [0.3, 0.4) is 0 Å². The van der Waals surface area contributed by atoms with Gasteiger partial charge in [-0.1, -0.05) is 49.0 Å². The van der Waals surface area contributed by atoms with Gasteiger partial charge in [-0.15, -0.1) is 0 Å². The van der Waals surface area contributed by atoms with Crippen molar-refractivity contribution in [3.05, 3.63) is 59.7 Å². The predicted octanol–water partition coefficient (Wildman–Crippen LogP) is 4.55. The van der Waals surface area contributed by atoms with Crippen molar-refractivity contribution in [1.82, 2.24) is 0 Å². The third-order valence-electron chi connectivity index (χ3n) is 3.87. The van der Waals surface area contributed by atoms with Crippen molar-refractivity contribution in [3.63, 3.8) is 0 Å². The zero-order valence-electron chi connectivity index (χ0n) is 16.5. The Morgan fingerprint density at radius 1 is 1.00 bits per heavy atom. The number of anilines is 2. The highest BCUT2D eigenvalue weighted by atomic mass is 32.2. The molecular formula is C21H23N3O4S. The van der Waals surface area contributed by atoms with E-state index in [1.165, 1.54) is 18.9 Å². The SMILES string of the molecule is CCCC(=O)Nc1ccc(C(=O)c2ccccc2)cc1NC(=NC(=O)OC)SC. The molecule has 2 rings (SSSR count). The Labute approximate surface area is 173 Å². The second-order valence-electron chi connectivity index (χ2n) is 5.97. The van der Waals surface area contributed by atoms with E-state index in [0.29, 0.717) is 35.3 Å². The van der Waals surface area contributed by atoms with Gasteiger partial charge < -0.3 is 15.4 Å². The molecule has 7 nitrogen and oxygen atoms in total. The summed E-state index contributed by atoms with van der Waals surface area (Å²) in [6.45, 7) is 1.91. The summed E-state index contributed by atoms with van der Waals surface area (Å²) in [5.41, 5.74) is 1.92. The van der Waals surface area contributed by atoms with Crippen LogP contribution in [0, 0.1) is 0 Å². The summed E-state index contributed by atoms with van der Waals surface area (Å²) in [5, 5.41) is 6.09. The van der Waals surface area contributed by atoms with Crippen molar-refractivity contribution in [1.29, 1.82) is 0 Å². The molecule has 0 unspecified atom stereocenters. The number of ether oxygens (including phenoxy) is 1. The second kappa shape index (κ2) is 11.0. The van der Waals surface area contributed by atoms with E-state index >= 15 is 0 Å². The van der Waals surface area contributed by atoms with Crippen LogP contribution in [0.15, 0.2) is 53.5 Å². The molecule has 0 saturated heterocycles. The zero-order valence-corrected chi connectivity index (χ0v) is 17.3. The van der Waals surface area contributed by atoms with E-state index < -0.39 is 6.09 Å². The summed E-state index contributed by atoms with van der Waals surface area (Å²) < 4.78 is 4.56. The van der Waals surface area contributed by atoms with E-state index in [0.717, 1.165) is 0 Å². The minimum absolute atomic E-state index is 0.145. The van der Waals surface area contributed by atoms with Crippen LogP contribution in [0.4, 0.5) is 16.2 Å². The largest absolute Gasteiger partial charge is 0.451 e. The fourth-order valence-electron chi connectivity index (χ4n) is 2.46. The Kier molecular flexibility index (Phi) is 8.42. The van der Waals surface area contributed by atoms with Crippen LogP contribution in [0.1, 0.15) is 35.7 Å². The fraction of sp³-hybridized carbons (Fsp3) is 0.238. The first-order valence-corrected chi connectivity index (χ1v) is 10.2. The van der Waals surface area contributed by atoms with Gasteiger partial charge in [0, 0.05) is 17.5 Å². The van der Waals surface area contributed by atoms with E-state index in [2.05, 4.69) is 20.4 Å². The molecule has 0 aliphatic carbocycles. The number of nitrogens with zero attached hydrogens (tertiary/aromatic N) is 1. The van der Waals surface area contributed by atoms with Crippen LogP contribution in [0.2, 0.25) is 0 Å². The van der Waals surface area contributed by atoms with Gasteiger partial charge in [-0.05, 0) is 30.9 Å². The average molecular weight is 413 g/mol. The van der Waals surface area contributed by atoms with Gasteiger partial charge in [0.25, 0.3) is 0 Å². The van der Waals surface area contributed by atoms with Gasteiger partial charge in [0.1, 0.15) is 0 Å². The number of methoxy groups -OCH3 is 1. The molecule has 2 N–H and O–H groups in total. The lowest BCUT2D eigenvalue weighted by Gasteiger charge is -2.15. The van der Waals surface area contributed by atoms with Crippen molar-refractivity contribution in [2.75, 3.05) is 24.0 Å². The molecule has 8 heteroatoms. The molecule has 0 bridgehead atoms. The van der Waals surface area contributed by atoms with Crippen molar-refractivity contribution >= 4 is 46.1 Å². The lowest BCUT2D eigenvalue weighted by molar-refractivity contribution is -0.116. The van der Waals surface area contributed by atoms with E-state index in [-0.39, 0.29) is 16.9 Å². The van der Waals surface area contributed by atoms with Crippen molar-refractivity contribution in [2.24, 2.45) is 4.99 Å². The number of aliphatic imine (C=N–C) groups is 1. The summed E-state index contributed by atoms with van der Waals surface area (Å²) in [6, 6.07) is 13.8.